The molecule has 0 radical (unpaired) electrons. The number of likely N-dealkylation sites (N-methyl/N-ethyl adjacent to an activating group) is 1. The number of nitrogens with zero attached hydrogens (tertiary/aromatic N) is 2. The van der Waals surface area contributed by atoms with Crippen molar-refractivity contribution in [1.29, 1.82) is 0 Å². The summed E-state index contributed by atoms with van der Waals surface area (Å²) in [5.74, 6) is 0.995. The Morgan fingerprint density at radius 3 is 2.94 bits per heavy atom. The van der Waals surface area contributed by atoms with Crippen molar-refractivity contribution in [2.75, 3.05) is 27.2 Å². The van der Waals surface area contributed by atoms with Gasteiger partial charge in [-0.1, -0.05) is 19.4 Å². The molecule has 0 atom stereocenters. The van der Waals surface area contributed by atoms with Gasteiger partial charge in [-0.3, -0.25) is 4.99 Å². The summed E-state index contributed by atoms with van der Waals surface area (Å²) in [6.45, 7) is 4.21. The van der Waals surface area contributed by atoms with Crippen LogP contribution < -0.4 is 5.32 Å². The van der Waals surface area contributed by atoms with Gasteiger partial charge in [0.15, 0.2) is 5.96 Å². The summed E-state index contributed by atoms with van der Waals surface area (Å²) in [5, 5.41) is 5.51. The Bertz CT molecular complexity index is 319. The van der Waals surface area contributed by atoms with E-state index in [9.17, 15) is 0 Å². The summed E-state index contributed by atoms with van der Waals surface area (Å²) in [6.07, 6.45) is 3.49. The Hall–Kier alpha value is -1.03. The van der Waals surface area contributed by atoms with Crippen LogP contribution in [0.3, 0.4) is 0 Å². The van der Waals surface area contributed by atoms with E-state index in [-0.39, 0.29) is 0 Å². The molecule has 0 amide bonds. The zero-order chi connectivity index (χ0) is 12.5. The molecule has 0 bridgehead atoms. The van der Waals surface area contributed by atoms with Gasteiger partial charge in [-0.15, -0.1) is 11.3 Å². The average molecular weight is 253 g/mol. The highest BCUT2D eigenvalue weighted by atomic mass is 32.1. The lowest BCUT2D eigenvalue weighted by atomic mass is 10.3. The van der Waals surface area contributed by atoms with Crippen LogP contribution in [0.15, 0.2) is 22.5 Å². The van der Waals surface area contributed by atoms with Gasteiger partial charge in [0.1, 0.15) is 0 Å². The van der Waals surface area contributed by atoms with Crippen LogP contribution >= 0.6 is 11.3 Å². The molecular weight excluding hydrogens is 230 g/mol. The lowest BCUT2D eigenvalue weighted by Crippen LogP contribution is -2.40. The van der Waals surface area contributed by atoms with Crippen LogP contribution in [0.2, 0.25) is 0 Å². The van der Waals surface area contributed by atoms with Crippen LogP contribution in [0.1, 0.15) is 24.6 Å². The first-order chi connectivity index (χ1) is 8.27. The van der Waals surface area contributed by atoms with E-state index in [0.717, 1.165) is 25.5 Å². The zero-order valence-electron chi connectivity index (χ0n) is 11.1. The Morgan fingerprint density at radius 1 is 1.53 bits per heavy atom. The van der Waals surface area contributed by atoms with E-state index in [2.05, 4.69) is 46.7 Å². The molecule has 1 aromatic heterocycles. The van der Waals surface area contributed by atoms with Crippen molar-refractivity contribution in [1.82, 2.24) is 10.2 Å². The SMILES string of the molecule is CCCCNC(=NC)N(C)CCc1cccs1. The maximum Gasteiger partial charge on any atom is 0.193 e. The van der Waals surface area contributed by atoms with Crippen LogP contribution in [0, 0.1) is 0 Å². The number of thiophene rings is 1. The van der Waals surface area contributed by atoms with Crippen LogP contribution in [0.5, 0.6) is 0 Å². The molecule has 0 aliphatic carbocycles. The molecule has 1 rings (SSSR count). The molecular formula is C13H23N3S. The summed E-state index contributed by atoms with van der Waals surface area (Å²) < 4.78 is 0. The Kier molecular flexibility index (Phi) is 6.70. The molecule has 0 saturated carbocycles. The minimum absolute atomic E-state index is 0.995. The molecule has 17 heavy (non-hydrogen) atoms. The normalized spacial score (nSPS) is 11.6. The lowest BCUT2D eigenvalue weighted by Gasteiger charge is -2.21. The number of hydrogen-bond donors (Lipinski definition) is 1. The number of nitrogens with one attached hydrogen (secondary N) is 1. The van der Waals surface area contributed by atoms with Crippen LogP contribution in [-0.4, -0.2) is 38.0 Å². The second kappa shape index (κ2) is 8.12. The van der Waals surface area contributed by atoms with E-state index < -0.39 is 0 Å². The van der Waals surface area contributed by atoms with E-state index in [4.69, 9.17) is 0 Å². The van der Waals surface area contributed by atoms with Crippen LogP contribution in [0.25, 0.3) is 0 Å². The van der Waals surface area contributed by atoms with Gasteiger partial charge in [-0.05, 0) is 24.3 Å². The summed E-state index contributed by atoms with van der Waals surface area (Å²) in [4.78, 5) is 7.92. The van der Waals surface area contributed by atoms with Gasteiger partial charge in [-0.2, -0.15) is 0 Å². The summed E-state index contributed by atoms with van der Waals surface area (Å²) in [5.41, 5.74) is 0. The molecule has 3 nitrogen and oxygen atoms in total. The minimum atomic E-state index is 0.995. The summed E-state index contributed by atoms with van der Waals surface area (Å²) in [6, 6.07) is 4.29. The molecule has 0 saturated heterocycles. The molecule has 0 aliphatic rings. The van der Waals surface area contributed by atoms with Gasteiger partial charge >= 0.3 is 0 Å². The van der Waals surface area contributed by atoms with Gasteiger partial charge < -0.3 is 10.2 Å². The van der Waals surface area contributed by atoms with Crippen molar-refractivity contribution in [2.24, 2.45) is 4.99 Å². The molecule has 4 heteroatoms. The van der Waals surface area contributed by atoms with E-state index in [1.165, 1.54) is 17.7 Å². The van der Waals surface area contributed by atoms with Gasteiger partial charge in [-0.25, -0.2) is 0 Å². The number of aliphatic imine (C=N–C) groups is 1. The van der Waals surface area contributed by atoms with Gasteiger partial charge in [0, 0.05) is 32.1 Å². The number of unbranched alkanes of at least 4 members (excludes halogenated alkanes) is 1. The second-order valence-electron chi connectivity index (χ2n) is 4.08. The molecule has 1 aromatic rings. The average Bonchev–Trinajstić information content (AvgIpc) is 2.85. The first-order valence-corrected chi connectivity index (χ1v) is 7.10. The quantitative estimate of drug-likeness (QED) is 0.479. The van der Waals surface area contributed by atoms with Gasteiger partial charge in [0.2, 0.25) is 0 Å². The Balaban J connectivity index is 2.31. The number of guanidine groups is 1. The fourth-order valence-electron chi connectivity index (χ4n) is 1.60. The molecule has 1 heterocycles. The molecule has 0 aromatic carbocycles. The maximum absolute atomic E-state index is 4.29. The zero-order valence-corrected chi connectivity index (χ0v) is 11.9. The van der Waals surface area contributed by atoms with Gasteiger partial charge in [0.05, 0.1) is 0 Å². The smallest absolute Gasteiger partial charge is 0.193 e. The van der Waals surface area contributed by atoms with Crippen molar-refractivity contribution in [3.63, 3.8) is 0 Å². The molecule has 0 fully saturated rings. The third-order valence-corrected chi connectivity index (χ3v) is 3.60. The van der Waals surface area contributed by atoms with Crippen LogP contribution in [0.4, 0.5) is 0 Å². The van der Waals surface area contributed by atoms with Crippen molar-refractivity contribution >= 4 is 17.3 Å². The minimum Gasteiger partial charge on any atom is -0.356 e. The Labute approximate surface area is 109 Å². The fraction of sp³-hybridized carbons (Fsp3) is 0.615. The van der Waals surface area contributed by atoms with E-state index >= 15 is 0 Å². The largest absolute Gasteiger partial charge is 0.356 e. The molecule has 0 spiro atoms. The van der Waals surface area contributed by atoms with Gasteiger partial charge in [0.25, 0.3) is 0 Å². The van der Waals surface area contributed by atoms with Crippen molar-refractivity contribution in [3.05, 3.63) is 22.4 Å². The molecule has 96 valence electrons. The van der Waals surface area contributed by atoms with Crippen molar-refractivity contribution in [2.45, 2.75) is 26.2 Å². The summed E-state index contributed by atoms with van der Waals surface area (Å²) in [7, 11) is 3.94. The third-order valence-electron chi connectivity index (χ3n) is 2.66. The highest BCUT2D eigenvalue weighted by Gasteiger charge is 2.05. The third kappa shape index (κ3) is 5.22. The first kappa shape index (κ1) is 14.0. The second-order valence-corrected chi connectivity index (χ2v) is 5.11. The highest BCUT2D eigenvalue weighted by Crippen LogP contribution is 2.09. The Morgan fingerprint density at radius 2 is 2.35 bits per heavy atom. The predicted octanol–water partition coefficient (Wildman–Crippen LogP) is 2.60. The monoisotopic (exact) mass is 253 g/mol. The number of hydrogen-bond acceptors (Lipinski definition) is 2. The standard InChI is InChI=1S/C13H23N3S/c1-4-5-9-15-13(14-2)16(3)10-8-12-7-6-11-17-12/h6-7,11H,4-5,8-10H2,1-3H3,(H,14,15). The highest BCUT2D eigenvalue weighted by molar-refractivity contribution is 7.09. The van der Waals surface area contributed by atoms with E-state index in [1.807, 2.05) is 18.4 Å². The molecule has 0 unspecified atom stereocenters. The molecule has 0 aliphatic heterocycles. The predicted molar refractivity (Wildman–Crippen MR) is 76.9 cm³/mol. The number of rotatable bonds is 6. The van der Waals surface area contributed by atoms with Crippen molar-refractivity contribution in [3.8, 4) is 0 Å². The van der Waals surface area contributed by atoms with Crippen molar-refractivity contribution < 1.29 is 0 Å². The van der Waals surface area contributed by atoms with Crippen LogP contribution in [-0.2, 0) is 6.42 Å². The summed E-state index contributed by atoms with van der Waals surface area (Å²) >= 11 is 1.82. The maximum atomic E-state index is 4.29. The van der Waals surface area contributed by atoms with E-state index in [1.54, 1.807) is 0 Å². The fourth-order valence-corrected chi connectivity index (χ4v) is 2.30. The first-order valence-electron chi connectivity index (χ1n) is 6.22. The van der Waals surface area contributed by atoms with E-state index in [0.29, 0.717) is 0 Å². The molecule has 1 N–H and O–H groups in total. The topological polar surface area (TPSA) is 27.6 Å². The lowest BCUT2D eigenvalue weighted by molar-refractivity contribution is 0.485.